The zero-order valence-corrected chi connectivity index (χ0v) is 8.32. The van der Waals surface area contributed by atoms with Crippen molar-refractivity contribution >= 4 is 12.1 Å². The molecule has 0 heterocycles. The van der Waals surface area contributed by atoms with Gasteiger partial charge in [0, 0.05) is 5.56 Å². The van der Waals surface area contributed by atoms with Crippen LogP contribution in [-0.4, -0.2) is 12.1 Å². The molecule has 2 nitrogen and oxygen atoms in total. The maximum atomic E-state index is 11.0. The van der Waals surface area contributed by atoms with E-state index in [1.165, 1.54) is 5.56 Å². The average Bonchev–Trinajstić information content (AvgIpc) is 2.26. The number of aldehydes is 1. The fraction of sp³-hybridized carbons (Fsp3) is 0.333. The fourth-order valence-electron chi connectivity index (χ4n) is 1.28. The Bertz CT molecular complexity index is 312. The molecule has 0 aliphatic heterocycles. The summed E-state index contributed by atoms with van der Waals surface area (Å²) in [6.07, 6.45) is 3.70. The van der Waals surface area contributed by atoms with Crippen LogP contribution in [0.5, 0.6) is 0 Å². The van der Waals surface area contributed by atoms with Crippen LogP contribution >= 0.6 is 0 Å². The number of Topliss-reactive ketones (excluding diaryl/α,β-unsaturated/α-hetero) is 1. The normalized spacial score (nSPS) is 9.79. The first kappa shape index (κ1) is 10.6. The topological polar surface area (TPSA) is 34.1 Å². The highest BCUT2D eigenvalue weighted by atomic mass is 16.2. The lowest BCUT2D eigenvalue weighted by atomic mass is 10.0. The van der Waals surface area contributed by atoms with E-state index in [2.05, 4.69) is 6.92 Å². The molecule has 0 radical (unpaired) electrons. The summed E-state index contributed by atoms with van der Waals surface area (Å²) in [5.74, 6) is -0.452. The smallest absolute Gasteiger partial charge is 0.225 e. The third kappa shape index (κ3) is 2.80. The first-order valence-corrected chi connectivity index (χ1v) is 4.86. The first-order valence-electron chi connectivity index (χ1n) is 4.86. The predicted molar refractivity (Wildman–Crippen MR) is 55.4 cm³/mol. The van der Waals surface area contributed by atoms with Gasteiger partial charge in [0.05, 0.1) is 0 Å². The lowest BCUT2D eigenvalue weighted by Crippen LogP contribution is -1.99. The van der Waals surface area contributed by atoms with Crippen LogP contribution < -0.4 is 0 Å². The van der Waals surface area contributed by atoms with Crippen molar-refractivity contribution in [1.29, 1.82) is 0 Å². The van der Waals surface area contributed by atoms with Gasteiger partial charge in [0.2, 0.25) is 5.78 Å². The minimum atomic E-state index is -0.452. The average molecular weight is 190 g/mol. The molecule has 0 spiro atoms. The predicted octanol–water partition coefficient (Wildman–Crippen LogP) is 2.41. The Morgan fingerprint density at radius 1 is 1.29 bits per heavy atom. The van der Waals surface area contributed by atoms with E-state index in [-0.39, 0.29) is 0 Å². The quantitative estimate of drug-likeness (QED) is 0.406. The van der Waals surface area contributed by atoms with E-state index < -0.39 is 5.78 Å². The Morgan fingerprint density at radius 3 is 2.43 bits per heavy atom. The lowest BCUT2D eigenvalue weighted by molar-refractivity contribution is -0.104. The number of carbonyl (C=O) groups excluding carboxylic acids is 2. The molecule has 0 saturated carbocycles. The van der Waals surface area contributed by atoms with Crippen molar-refractivity contribution in [3.05, 3.63) is 35.4 Å². The Hall–Kier alpha value is -1.44. The highest BCUT2D eigenvalue weighted by molar-refractivity contribution is 6.33. The highest BCUT2D eigenvalue weighted by Gasteiger charge is 2.02. The number of unbranched alkanes of at least 4 members (excludes halogenated alkanes) is 1. The van der Waals surface area contributed by atoms with Crippen LogP contribution in [0.25, 0.3) is 0 Å². The van der Waals surface area contributed by atoms with Crippen molar-refractivity contribution < 1.29 is 9.59 Å². The molecule has 0 atom stereocenters. The van der Waals surface area contributed by atoms with Gasteiger partial charge in [-0.3, -0.25) is 9.59 Å². The van der Waals surface area contributed by atoms with Gasteiger partial charge >= 0.3 is 0 Å². The number of aryl methyl sites for hydroxylation is 1. The van der Waals surface area contributed by atoms with E-state index >= 15 is 0 Å². The van der Waals surface area contributed by atoms with Crippen LogP contribution in [0.15, 0.2) is 24.3 Å². The molecule has 0 saturated heterocycles. The zero-order valence-electron chi connectivity index (χ0n) is 8.32. The summed E-state index contributed by atoms with van der Waals surface area (Å²) in [6, 6.07) is 7.24. The van der Waals surface area contributed by atoms with E-state index in [0.717, 1.165) is 19.3 Å². The van der Waals surface area contributed by atoms with Gasteiger partial charge in [0.25, 0.3) is 0 Å². The SMILES string of the molecule is CCCCc1ccc(C(=O)C=O)cc1. The largest absolute Gasteiger partial charge is 0.294 e. The highest BCUT2D eigenvalue weighted by Crippen LogP contribution is 2.07. The standard InChI is InChI=1S/C12H14O2/c1-2-3-4-10-5-7-11(8-6-10)12(14)9-13/h5-9H,2-4H2,1H3. The van der Waals surface area contributed by atoms with Gasteiger partial charge in [-0.25, -0.2) is 0 Å². The second-order valence-electron chi connectivity index (χ2n) is 3.28. The molecule has 1 aromatic rings. The van der Waals surface area contributed by atoms with Gasteiger partial charge in [0.15, 0.2) is 6.29 Å². The van der Waals surface area contributed by atoms with E-state index in [4.69, 9.17) is 0 Å². The monoisotopic (exact) mass is 190 g/mol. The van der Waals surface area contributed by atoms with Gasteiger partial charge in [-0.05, 0) is 18.4 Å². The first-order chi connectivity index (χ1) is 6.77. The summed E-state index contributed by atoms with van der Waals surface area (Å²) in [6.45, 7) is 2.14. The number of ketones is 1. The molecule has 2 heteroatoms. The summed E-state index contributed by atoms with van der Waals surface area (Å²) < 4.78 is 0. The van der Waals surface area contributed by atoms with Gasteiger partial charge < -0.3 is 0 Å². The maximum absolute atomic E-state index is 11.0. The van der Waals surface area contributed by atoms with E-state index in [0.29, 0.717) is 11.8 Å². The molecular weight excluding hydrogens is 176 g/mol. The number of carbonyl (C=O) groups is 2. The van der Waals surface area contributed by atoms with Gasteiger partial charge in [-0.2, -0.15) is 0 Å². The molecule has 0 N–H and O–H groups in total. The zero-order chi connectivity index (χ0) is 10.4. The molecule has 0 fully saturated rings. The van der Waals surface area contributed by atoms with Crippen LogP contribution in [-0.2, 0) is 11.2 Å². The lowest BCUT2D eigenvalue weighted by Gasteiger charge is -2.00. The van der Waals surface area contributed by atoms with Crippen molar-refractivity contribution in [1.82, 2.24) is 0 Å². The molecule has 14 heavy (non-hydrogen) atoms. The maximum Gasteiger partial charge on any atom is 0.225 e. The Balaban J connectivity index is 2.68. The Kier molecular flexibility index (Phi) is 4.05. The molecule has 74 valence electrons. The van der Waals surface area contributed by atoms with Crippen LogP contribution in [0.4, 0.5) is 0 Å². The fourth-order valence-corrected chi connectivity index (χ4v) is 1.28. The summed E-state index contributed by atoms with van der Waals surface area (Å²) in [5.41, 5.74) is 1.69. The molecule has 0 aromatic heterocycles. The van der Waals surface area contributed by atoms with E-state index in [9.17, 15) is 9.59 Å². The van der Waals surface area contributed by atoms with Crippen molar-refractivity contribution in [3.8, 4) is 0 Å². The van der Waals surface area contributed by atoms with Gasteiger partial charge in [0.1, 0.15) is 0 Å². The van der Waals surface area contributed by atoms with Crippen LogP contribution in [0, 0.1) is 0 Å². The molecule has 0 unspecified atom stereocenters. The number of rotatable bonds is 5. The summed E-state index contributed by atoms with van der Waals surface area (Å²) in [7, 11) is 0. The molecule has 1 rings (SSSR count). The number of benzene rings is 1. The van der Waals surface area contributed by atoms with Crippen molar-refractivity contribution in [2.45, 2.75) is 26.2 Å². The third-order valence-electron chi connectivity index (χ3n) is 2.16. The molecule has 1 aromatic carbocycles. The van der Waals surface area contributed by atoms with Crippen molar-refractivity contribution in [2.75, 3.05) is 0 Å². The second kappa shape index (κ2) is 5.32. The molecule has 0 bridgehead atoms. The Labute approximate surface area is 83.9 Å². The third-order valence-corrected chi connectivity index (χ3v) is 2.16. The van der Waals surface area contributed by atoms with Crippen molar-refractivity contribution in [2.24, 2.45) is 0 Å². The van der Waals surface area contributed by atoms with Gasteiger partial charge in [-0.15, -0.1) is 0 Å². The van der Waals surface area contributed by atoms with Gasteiger partial charge in [-0.1, -0.05) is 37.6 Å². The minimum Gasteiger partial charge on any atom is -0.294 e. The minimum absolute atomic E-state index is 0.348. The molecule has 0 amide bonds. The summed E-state index contributed by atoms with van der Waals surface area (Å²) in [4.78, 5) is 21.2. The van der Waals surface area contributed by atoms with E-state index in [1.54, 1.807) is 12.1 Å². The molecule has 0 aliphatic carbocycles. The van der Waals surface area contributed by atoms with E-state index in [1.807, 2.05) is 12.1 Å². The molecular formula is C12H14O2. The van der Waals surface area contributed by atoms with Crippen LogP contribution in [0.1, 0.15) is 35.7 Å². The van der Waals surface area contributed by atoms with Crippen molar-refractivity contribution in [3.63, 3.8) is 0 Å². The van der Waals surface area contributed by atoms with Crippen LogP contribution in [0.2, 0.25) is 0 Å². The summed E-state index contributed by atoms with van der Waals surface area (Å²) in [5, 5.41) is 0. The molecule has 0 aliphatic rings. The second-order valence-corrected chi connectivity index (χ2v) is 3.28. The number of hydrogen-bond acceptors (Lipinski definition) is 2. The summed E-state index contributed by atoms with van der Waals surface area (Å²) >= 11 is 0. The number of hydrogen-bond donors (Lipinski definition) is 0. The van der Waals surface area contributed by atoms with Crippen LogP contribution in [0.3, 0.4) is 0 Å². The Morgan fingerprint density at radius 2 is 1.93 bits per heavy atom.